The van der Waals surface area contributed by atoms with Gasteiger partial charge in [0, 0.05) is 0 Å². The first-order valence-electron chi connectivity index (χ1n) is 9.80. The predicted octanol–water partition coefficient (Wildman–Crippen LogP) is 5.79. The molecule has 150 valence electrons. The Balaban J connectivity index is 1.74. The molecule has 1 atom stereocenters. The average molecular weight is 409 g/mol. The van der Waals surface area contributed by atoms with Crippen molar-refractivity contribution < 1.29 is 12.8 Å². The van der Waals surface area contributed by atoms with Crippen molar-refractivity contribution >= 4 is 9.84 Å². The lowest BCUT2D eigenvalue weighted by molar-refractivity contribution is 0.582. The second kappa shape index (κ2) is 10.2. The van der Waals surface area contributed by atoms with Crippen molar-refractivity contribution in [2.75, 3.05) is 0 Å². The van der Waals surface area contributed by atoms with Crippen LogP contribution in [0.1, 0.15) is 24.0 Å². The fraction of sp³-hybridized carbons (Fsp3) is 0.200. The number of sulfone groups is 1. The maximum atomic E-state index is 13.2. The van der Waals surface area contributed by atoms with Crippen LogP contribution >= 0.6 is 0 Å². The first kappa shape index (κ1) is 21.0. The minimum Gasteiger partial charge on any atom is -0.223 e. The molecule has 0 aromatic heterocycles. The van der Waals surface area contributed by atoms with Crippen LogP contribution in [0.2, 0.25) is 0 Å². The lowest BCUT2D eigenvalue weighted by Gasteiger charge is -2.15. The summed E-state index contributed by atoms with van der Waals surface area (Å²) in [7, 11) is -3.59. The first-order valence-corrected chi connectivity index (χ1v) is 11.3. The van der Waals surface area contributed by atoms with Gasteiger partial charge in [-0.15, -0.1) is 0 Å². The molecule has 0 saturated heterocycles. The largest absolute Gasteiger partial charge is 0.223 e. The van der Waals surface area contributed by atoms with Gasteiger partial charge in [0.2, 0.25) is 0 Å². The van der Waals surface area contributed by atoms with E-state index in [-0.39, 0.29) is 4.90 Å². The normalized spacial score (nSPS) is 12.9. The molecule has 0 heterocycles. The van der Waals surface area contributed by atoms with Crippen LogP contribution in [0.15, 0.2) is 102 Å². The highest BCUT2D eigenvalue weighted by molar-refractivity contribution is 7.92. The van der Waals surface area contributed by atoms with Gasteiger partial charge in [-0.2, -0.15) is 0 Å². The van der Waals surface area contributed by atoms with Crippen molar-refractivity contribution in [1.82, 2.24) is 0 Å². The Morgan fingerprint density at radius 2 is 1.31 bits per heavy atom. The number of hydrogen-bond acceptors (Lipinski definition) is 2. The van der Waals surface area contributed by atoms with Gasteiger partial charge in [0.25, 0.3) is 0 Å². The zero-order chi connectivity index (χ0) is 20.5. The van der Waals surface area contributed by atoms with E-state index in [4.69, 9.17) is 0 Å². The van der Waals surface area contributed by atoms with Crippen molar-refractivity contribution in [2.45, 2.75) is 35.8 Å². The molecule has 3 rings (SSSR count). The summed E-state index contributed by atoms with van der Waals surface area (Å²) < 4.78 is 39.6. The Hall–Kier alpha value is -2.72. The molecule has 0 aliphatic rings. The summed E-state index contributed by atoms with van der Waals surface area (Å²) in [4.78, 5) is 0.157. The molecule has 29 heavy (non-hydrogen) atoms. The molecule has 0 aliphatic carbocycles. The highest BCUT2D eigenvalue weighted by Crippen LogP contribution is 2.22. The highest BCUT2D eigenvalue weighted by Gasteiger charge is 2.25. The van der Waals surface area contributed by atoms with Gasteiger partial charge in [0.15, 0.2) is 9.84 Å². The Morgan fingerprint density at radius 1 is 0.759 bits per heavy atom. The number of rotatable bonds is 9. The SMILES string of the molecule is O=S(=O)(c1ccc(F)cc1)[C@@H](/C=C\CCc1ccccc1)CCc1ccccc1. The molecule has 4 heteroatoms. The van der Waals surface area contributed by atoms with Crippen molar-refractivity contribution in [3.63, 3.8) is 0 Å². The number of aryl methyl sites for hydroxylation is 2. The summed E-state index contributed by atoms with van der Waals surface area (Å²) in [6, 6.07) is 25.0. The molecule has 0 N–H and O–H groups in total. The lowest BCUT2D eigenvalue weighted by atomic mass is 10.1. The third-order valence-corrected chi connectivity index (χ3v) is 7.01. The molecule has 0 bridgehead atoms. The van der Waals surface area contributed by atoms with E-state index in [9.17, 15) is 12.8 Å². The van der Waals surface area contributed by atoms with Crippen LogP contribution in [0.5, 0.6) is 0 Å². The standard InChI is InChI=1S/C25H25FO2S/c26-23-16-19-25(20-17-23)29(27,28)24(18-15-22-11-5-2-6-12-22)14-8-7-13-21-9-3-1-4-10-21/h1-6,8-12,14,16-17,19-20,24H,7,13,15,18H2/b14-8-/t24-/m0/s1. The van der Waals surface area contributed by atoms with E-state index < -0.39 is 20.9 Å². The highest BCUT2D eigenvalue weighted by atomic mass is 32.2. The molecule has 0 aliphatic heterocycles. The summed E-state index contributed by atoms with van der Waals surface area (Å²) in [6.07, 6.45) is 6.51. The smallest absolute Gasteiger partial charge is 0.184 e. The van der Waals surface area contributed by atoms with Crippen LogP contribution < -0.4 is 0 Å². The Morgan fingerprint density at radius 3 is 1.90 bits per heavy atom. The number of allylic oxidation sites excluding steroid dienone is 1. The summed E-state index contributed by atoms with van der Waals surface area (Å²) in [5.74, 6) is -0.441. The van der Waals surface area contributed by atoms with Crippen LogP contribution in [-0.4, -0.2) is 13.7 Å². The lowest BCUT2D eigenvalue weighted by Crippen LogP contribution is -2.20. The third-order valence-electron chi connectivity index (χ3n) is 4.89. The van der Waals surface area contributed by atoms with Crippen LogP contribution in [0.3, 0.4) is 0 Å². The molecule has 2 nitrogen and oxygen atoms in total. The molecule has 0 unspecified atom stereocenters. The van der Waals surface area contributed by atoms with Crippen molar-refractivity contribution in [2.24, 2.45) is 0 Å². The zero-order valence-electron chi connectivity index (χ0n) is 16.2. The fourth-order valence-corrected chi connectivity index (χ4v) is 4.86. The Kier molecular flexibility index (Phi) is 7.36. The van der Waals surface area contributed by atoms with E-state index in [2.05, 4.69) is 12.1 Å². The third kappa shape index (κ3) is 6.13. The van der Waals surface area contributed by atoms with Crippen molar-refractivity contribution in [3.05, 3.63) is 114 Å². The maximum absolute atomic E-state index is 13.2. The van der Waals surface area contributed by atoms with Gasteiger partial charge in [-0.25, -0.2) is 12.8 Å². The van der Waals surface area contributed by atoms with E-state index in [1.54, 1.807) is 6.08 Å². The topological polar surface area (TPSA) is 34.1 Å². The van der Waals surface area contributed by atoms with Gasteiger partial charge in [0.1, 0.15) is 5.82 Å². The van der Waals surface area contributed by atoms with Crippen LogP contribution in [0, 0.1) is 5.82 Å². The summed E-state index contributed by atoms with van der Waals surface area (Å²) in [5, 5.41) is -0.649. The second-order valence-corrected chi connectivity index (χ2v) is 9.18. The monoisotopic (exact) mass is 408 g/mol. The molecule has 0 fully saturated rings. The summed E-state index contributed by atoms with van der Waals surface area (Å²) in [6.45, 7) is 0. The maximum Gasteiger partial charge on any atom is 0.184 e. The molecule has 0 spiro atoms. The minimum atomic E-state index is -3.59. The van der Waals surface area contributed by atoms with E-state index >= 15 is 0 Å². The average Bonchev–Trinajstić information content (AvgIpc) is 2.75. The zero-order valence-corrected chi connectivity index (χ0v) is 17.1. The molecular weight excluding hydrogens is 383 g/mol. The Bertz CT molecular complexity index is 1010. The van der Waals surface area contributed by atoms with Gasteiger partial charge < -0.3 is 0 Å². The summed E-state index contributed by atoms with van der Waals surface area (Å²) >= 11 is 0. The van der Waals surface area contributed by atoms with Crippen molar-refractivity contribution in [1.29, 1.82) is 0 Å². The fourth-order valence-electron chi connectivity index (χ4n) is 3.25. The summed E-state index contributed by atoms with van der Waals surface area (Å²) in [5.41, 5.74) is 2.32. The predicted molar refractivity (Wildman–Crippen MR) is 116 cm³/mol. The second-order valence-electron chi connectivity index (χ2n) is 7.01. The molecular formula is C25H25FO2S. The number of halogens is 1. The van der Waals surface area contributed by atoms with Crippen LogP contribution in [-0.2, 0) is 22.7 Å². The van der Waals surface area contributed by atoms with Crippen LogP contribution in [0.25, 0.3) is 0 Å². The first-order chi connectivity index (χ1) is 14.1. The molecule has 0 radical (unpaired) electrons. The minimum absolute atomic E-state index is 0.157. The number of benzene rings is 3. The van der Waals surface area contributed by atoms with E-state index in [0.29, 0.717) is 12.8 Å². The van der Waals surface area contributed by atoms with Crippen molar-refractivity contribution in [3.8, 4) is 0 Å². The van der Waals surface area contributed by atoms with E-state index in [1.165, 1.54) is 29.8 Å². The van der Waals surface area contributed by atoms with E-state index in [1.807, 2.05) is 54.6 Å². The molecule has 3 aromatic rings. The quantitative estimate of drug-likeness (QED) is 0.332. The molecule has 3 aromatic carbocycles. The van der Waals surface area contributed by atoms with Gasteiger partial charge >= 0.3 is 0 Å². The van der Waals surface area contributed by atoms with Gasteiger partial charge in [-0.3, -0.25) is 0 Å². The molecule has 0 saturated carbocycles. The van der Waals surface area contributed by atoms with Gasteiger partial charge in [0.05, 0.1) is 10.1 Å². The molecule has 0 amide bonds. The van der Waals surface area contributed by atoms with Crippen LogP contribution in [0.4, 0.5) is 4.39 Å². The van der Waals surface area contributed by atoms with E-state index in [0.717, 1.165) is 18.4 Å². The number of hydrogen-bond donors (Lipinski definition) is 0. The van der Waals surface area contributed by atoms with Gasteiger partial charge in [-0.05, 0) is 61.1 Å². The van der Waals surface area contributed by atoms with Gasteiger partial charge in [-0.1, -0.05) is 72.8 Å². The Labute approximate surface area is 172 Å².